The zero-order chi connectivity index (χ0) is 10.8. The van der Waals surface area contributed by atoms with Crippen LogP contribution in [-0.2, 0) is 18.6 Å². The molecule has 0 N–H and O–H groups in total. The van der Waals surface area contributed by atoms with Crippen LogP contribution in [0.25, 0.3) is 0 Å². The van der Waals surface area contributed by atoms with Crippen molar-refractivity contribution in [1.29, 1.82) is 0 Å². The van der Waals surface area contributed by atoms with Crippen molar-refractivity contribution in [3.8, 4) is 0 Å². The van der Waals surface area contributed by atoms with Crippen LogP contribution in [0.3, 0.4) is 0 Å². The molecule has 0 aromatic carbocycles. The molecule has 0 spiro atoms. The average molecular weight is 370 g/mol. The van der Waals surface area contributed by atoms with Crippen molar-refractivity contribution in [2.24, 2.45) is 11.3 Å². The van der Waals surface area contributed by atoms with Gasteiger partial charge in [-0.2, -0.15) is 6.08 Å². The van der Waals surface area contributed by atoms with E-state index in [4.69, 9.17) is 0 Å². The predicted molar refractivity (Wildman–Crippen MR) is 88.8 cm³/mol. The Morgan fingerprint density at radius 2 is 1.72 bits per heavy atom. The molecule has 0 nitrogen and oxygen atoms in total. The number of hydrogen-bond acceptors (Lipinski definition) is 0. The van der Waals surface area contributed by atoms with Gasteiger partial charge in [0.25, 0.3) is 0 Å². The van der Waals surface area contributed by atoms with Crippen LogP contribution in [0.5, 0.6) is 0 Å². The van der Waals surface area contributed by atoms with Gasteiger partial charge in [0.2, 0.25) is 0 Å². The van der Waals surface area contributed by atoms with Crippen LogP contribution >= 0.6 is 45.1 Å². The van der Waals surface area contributed by atoms with Crippen molar-refractivity contribution < 1.29 is 18.6 Å². The van der Waals surface area contributed by atoms with Gasteiger partial charge in [-0.05, 0) is 30.8 Å². The van der Waals surface area contributed by atoms with Crippen molar-refractivity contribution in [1.82, 2.24) is 0 Å². The quantitative estimate of drug-likeness (QED) is 0.465. The first-order chi connectivity index (χ1) is 6.41. The van der Waals surface area contributed by atoms with Crippen molar-refractivity contribution in [2.45, 2.75) is 27.2 Å². The first-order valence-corrected chi connectivity index (χ1v) is 7.75. The molecule has 109 valence electrons. The monoisotopic (exact) mass is 368 g/mol. The van der Waals surface area contributed by atoms with Gasteiger partial charge in [-0.25, -0.2) is 11.6 Å². The Hall–Kier alpha value is 1.36. The molecule has 1 rings (SSSR count). The Labute approximate surface area is 145 Å². The maximum absolute atomic E-state index is 3.48. The molecule has 5 heteroatoms. The minimum absolute atomic E-state index is 0. The summed E-state index contributed by atoms with van der Waals surface area (Å²) in [6, 6.07) is 0. The third kappa shape index (κ3) is 9.30. The minimum Gasteiger partial charge on any atom is -0.269 e. The van der Waals surface area contributed by atoms with Gasteiger partial charge in [0.05, 0.1) is 0 Å². The van der Waals surface area contributed by atoms with Crippen molar-refractivity contribution in [3.63, 3.8) is 0 Å². The van der Waals surface area contributed by atoms with Crippen LogP contribution in [0.4, 0.5) is 0 Å². The summed E-state index contributed by atoms with van der Waals surface area (Å²) >= 11 is 0. The molecule has 1 atom stereocenters. The normalized spacial score (nSPS) is 14.7. The van der Waals surface area contributed by atoms with Crippen LogP contribution in [0.15, 0.2) is 17.7 Å². The summed E-state index contributed by atoms with van der Waals surface area (Å²) in [7, 11) is 0.185. The van der Waals surface area contributed by atoms with E-state index >= 15 is 0 Å². The van der Waals surface area contributed by atoms with E-state index in [1.54, 1.807) is 0 Å². The number of rotatable bonds is 3. The second-order valence-electron chi connectivity index (χ2n) is 5.42. The Balaban J connectivity index is -0.000000245. The van der Waals surface area contributed by atoms with Gasteiger partial charge in [0.1, 0.15) is 0 Å². The molecule has 18 heavy (non-hydrogen) atoms. The zero-order valence-corrected chi connectivity index (χ0v) is 16.5. The fourth-order valence-electron chi connectivity index (χ4n) is 1.86. The molecule has 0 fully saturated rings. The molecule has 0 aliphatic heterocycles. The van der Waals surface area contributed by atoms with Crippen LogP contribution in [0.1, 0.15) is 27.2 Å². The summed E-state index contributed by atoms with van der Waals surface area (Å²) in [5.74, 6) is 0.697. The third-order valence-corrected chi connectivity index (χ3v) is 3.79. The Morgan fingerprint density at radius 3 is 2.00 bits per heavy atom. The first-order valence-electron chi connectivity index (χ1n) is 5.33. The Morgan fingerprint density at radius 1 is 1.22 bits per heavy atom. The van der Waals surface area contributed by atoms with Crippen molar-refractivity contribution >= 4 is 45.1 Å². The van der Waals surface area contributed by atoms with Crippen molar-refractivity contribution in [2.75, 3.05) is 19.5 Å². The molecule has 1 aliphatic carbocycles. The topological polar surface area (TPSA) is 0 Å². The van der Waals surface area contributed by atoms with Crippen LogP contribution < -0.4 is 0 Å². The summed E-state index contributed by atoms with van der Waals surface area (Å²) in [5, 5.41) is 0. The smallest absolute Gasteiger partial charge is 0 e. The summed E-state index contributed by atoms with van der Waals surface area (Å²) < 4.78 is 0. The van der Waals surface area contributed by atoms with Crippen LogP contribution in [-0.4, -0.2) is 19.5 Å². The molecule has 0 saturated heterocycles. The number of hydrogen-bond donors (Lipinski definition) is 0. The maximum Gasteiger partial charge on any atom is 0 e. The van der Waals surface area contributed by atoms with Gasteiger partial charge in [-0.15, -0.1) is 51.6 Å². The van der Waals surface area contributed by atoms with Crippen LogP contribution in [0, 0.1) is 17.4 Å². The van der Waals surface area contributed by atoms with Gasteiger partial charge >= 0.3 is 0 Å². The third-order valence-electron chi connectivity index (χ3n) is 2.69. The molecule has 1 unspecified atom stereocenters. The predicted octanol–water partition coefficient (Wildman–Crippen LogP) is 5.34. The molecular weight excluding hydrogens is 344 g/mol. The zero-order valence-electron chi connectivity index (χ0n) is 11.8. The molecule has 1 radical (unpaired) electrons. The fourth-order valence-corrected chi connectivity index (χ4v) is 3.34. The van der Waals surface area contributed by atoms with E-state index < -0.39 is 0 Å². The fraction of sp³-hybridized carbons (Fsp3) is 0.692. The van der Waals surface area contributed by atoms with E-state index in [2.05, 4.69) is 52.3 Å². The average Bonchev–Trinajstić information content (AvgIpc) is 2.49. The van der Waals surface area contributed by atoms with E-state index in [1.165, 1.54) is 11.7 Å². The maximum atomic E-state index is 3.48. The SMILES string of the molecule is CP(C)CC(C1=[C-]CC=C1)C(C)(C)C.Cl.Cl.Cl.[V]. The molecule has 0 aromatic rings. The van der Waals surface area contributed by atoms with Gasteiger partial charge < -0.3 is 0 Å². The van der Waals surface area contributed by atoms with Gasteiger partial charge in [-0.1, -0.05) is 20.8 Å². The number of allylic oxidation sites excluding steroid dienone is 4. The van der Waals surface area contributed by atoms with Crippen molar-refractivity contribution in [3.05, 3.63) is 23.8 Å². The second kappa shape index (κ2) is 12.1. The van der Waals surface area contributed by atoms with E-state index in [0.29, 0.717) is 11.3 Å². The van der Waals surface area contributed by atoms with Crippen LogP contribution in [0.2, 0.25) is 0 Å². The van der Waals surface area contributed by atoms with Gasteiger partial charge in [-0.3, -0.25) is 6.08 Å². The minimum atomic E-state index is 0. The van der Waals surface area contributed by atoms with Gasteiger partial charge in [0.15, 0.2) is 0 Å². The molecule has 0 heterocycles. The summed E-state index contributed by atoms with van der Waals surface area (Å²) in [4.78, 5) is 0. The number of halogens is 3. The molecule has 0 bridgehead atoms. The van der Waals surface area contributed by atoms with Gasteiger partial charge in [0, 0.05) is 18.6 Å². The summed E-state index contributed by atoms with van der Waals surface area (Å²) in [6.07, 6.45) is 10.3. The van der Waals surface area contributed by atoms with E-state index in [-0.39, 0.29) is 63.7 Å². The van der Waals surface area contributed by atoms with E-state index in [9.17, 15) is 0 Å². The largest absolute Gasteiger partial charge is 0.269 e. The molecular formula is C13H25Cl3PV-. The summed E-state index contributed by atoms with van der Waals surface area (Å²) in [5.41, 5.74) is 1.83. The molecule has 0 amide bonds. The second-order valence-corrected chi connectivity index (χ2v) is 7.94. The Kier molecular flexibility index (Phi) is 18.6. The molecule has 0 aromatic heterocycles. The molecule has 1 aliphatic rings. The molecule has 0 saturated carbocycles. The standard InChI is InChI=1S/C13H22P.3ClH.V/c1-13(2,3)12(10-14(4)5)11-8-6-7-9-11;;;;/h6,8,12H,7,10H2,1-5H3;3*1H;/q-1;;;;. The summed E-state index contributed by atoms with van der Waals surface area (Å²) in [6.45, 7) is 11.8. The van der Waals surface area contributed by atoms with E-state index in [1.807, 2.05) is 0 Å². The Bertz CT molecular complexity index is 257. The first kappa shape index (κ1) is 27.7. The van der Waals surface area contributed by atoms with E-state index in [0.717, 1.165) is 6.42 Å².